The molecule has 0 aliphatic rings. The van der Waals surface area contributed by atoms with Gasteiger partial charge in [0, 0.05) is 19.1 Å². The highest BCUT2D eigenvalue weighted by Gasteiger charge is 2.20. The van der Waals surface area contributed by atoms with Crippen LogP contribution < -0.4 is 11.1 Å². The number of amides is 1. The van der Waals surface area contributed by atoms with Crippen LogP contribution in [0.3, 0.4) is 0 Å². The monoisotopic (exact) mass is 230 g/mol. The Balaban J connectivity index is 3.89. The molecule has 0 aliphatic carbocycles. The fourth-order valence-corrected chi connectivity index (χ4v) is 1.53. The van der Waals surface area contributed by atoms with E-state index in [9.17, 15) is 4.79 Å². The fraction of sp³-hybridized carbons (Fsp3) is 0.917. The summed E-state index contributed by atoms with van der Waals surface area (Å²) < 4.78 is 0. The molecule has 0 aromatic carbocycles. The zero-order chi connectivity index (χ0) is 12.6. The second-order valence-electron chi connectivity index (χ2n) is 5.19. The first-order valence-corrected chi connectivity index (χ1v) is 6.01. The molecule has 0 bridgehead atoms. The van der Waals surface area contributed by atoms with Crippen LogP contribution in [0.4, 0.5) is 0 Å². The van der Waals surface area contributed by atoms with Crippen molar-refractivity contribution in [1.29, 1.82) is 0 Å². The maximum absolute atomic E-state index is 11.6. The Morgan fingerprint density at radius 3 is 2.62 bits per heavy atom. The van der Waals surface area contributed by atoms with Gasteiger partial charge in [-0.3, -0.25) is 4.79 Å². The lowest BCUT2D eigenvalue weighted by molar-refractivity contribution is -0.125. The van der Waals surface area contributed by atoms with E-state index in [1.165, 1.54) is 0 Å². The van der Waals surface area contributed by atoms with Gasteiger partial charge < -0.3 is 16.2 Å². The molecule has 16 heavy (non-hydrogen) atoms. The lowest BCUT2D eigenvalue weighted by atomic mass is 9.87. The van der Waals surface area contributed by atoms with E-state index in [2.05, 4.69) is 19.2 Å². The van der Waals surface area contributed by atoms with Gasteiger partial charge in [0.2, 0.25) is 5.91 Å². The first-order valence-electron chi connectivity index (χ1n) is 6.01. The van der Waals surface area contributed by atoms with Crippen LogP contribution in [-0.4, -0.2) is 30.7 Å². The number of nitrogens with one attached hydrogen (secondary N) is 1. The zero-order valence-electron chi connectivity index (χ0n) is 10.8. The number of hydrogen-bond acceptors (Lipinski definition) is 3. The number of aliphatic hydroxyl groups is 1. The number of carbonyl (C=O) groups excluding carboxylic acids is 1. The molecule has 0 spiro atoms. The summed E-state index contributed by atoms with van der Waals surface area (Å²) in [5.41, 5.74) is 5.45. The van der Waals surface area contributed by atoms with Crippen LogP contribution in [0, 0.1) is 11.3 Å². The van der Waals surface area contributed by atoms with Gasteiger partial charge in [-0.15, -0.1) is 0 Å². The molecule has 1 amide bonds. The lowest BCUT2D eigenvalue weighted by Gasteiger charge is -2.25. The van der Waals surface area contributed by atoms with Crippen LogP contribution in [0.2, 0.25) is 0 Å². The summed E-state index contributed by atoms with van der Waals surface area (Å²) in [5, 5.41) is 11.7. The average Bonchev–Trinajstić information content (AvgIpc) is 2.23. The van der Waals surface area contributed by atoms with Crippen molar-refractivity contribution < 1.29 is 9.90 Å². The topological polar surface area (TPSA) is 75.4 Å². The predicted octanol–water partition coefficient (Wildman–Crippen LogP) is 0.886. The molecule has 96 valence electrons. The quantitative estimate of drug-likeness (QED) is 0.579. The van der Waals surface area contributed by atoms with Gasteiger partial charge >= 0.3 is 0 Å². The van der Waals surface area contributed by atoms with Crippen molar-refractivity contribution >= 4 is 5.91 Å². The number of rotatable bonds is 8. The molecular weight excluding hydrogens is 204 g/mol. The van der Waals surface area contributed by atoms with E-state index in [4.69, 9.17) is 10.8 Å². The van der Waals surface area contributed by atoms with Crippen LogP contribution in [0.1, 0.15) is 40.0 Å². The average molecular weight is 230 g/mol. The number of hydrogen-bond donors (Lipinski definition) is 3. The van der Waals surface area contributed by atoms with E-state index in [1.807, 2.05) is 6.92 Å². The van der Waals surface area contributed by atoms with Crippen molar-refractivity contribution in [3.8, 4) is 0 Å². The molecule has 0 radical (unpaired) electrons. The van der Waals surface area contributed by atoms with Crippen molar-refractivity contribution in [3.05, 3.63) is 0 Å². The number of carbonyl (C=O) groups is 1. The summed E-state index contributed by atoms with van der Waals surface area (Å²) in [5.74, 6) is 0.0566. The highest BCUT2D eigenvalue weighted by Crippen LogP contribution is 2.20. The lowest BCUT2D eigenvalue weighted by Crippen LogP contribution is -2.37. The highest BCUT2D eigenvalue weighted by atomic mass is 16.2. The van der Waals surface area contributed by atoms with Gasteiger partial charge in [0.05, 0.1) is 0 Å². The molecule has 0 aromatic rings. The van der Waals surface area contributed by atoms with Gasteiger partial charge in [-0.05, 0) is 31.2 Å². The van der Waals surface area contributed by atoms with Crippen molar-refractivity contribution in [2.45, 2.75) is 40.0 Å². The van der Waals surface area contributed by atoms with Crippen molar-refractivity contribution in [2.24, 2.45) is 17.1 Å². The molecule has 0 aliphatic heterocycles. The smallest absolute Gasteiger partial charge is 0.222 e. The summed E-state index contributed by atoms with van der Waals surface area (Å²) in [4.78, 5) is 11.6. The zero-order valence-corrected chi connectivity index (χ0v) is 10.8. The molecule has 0 saturated carbocycles. The molecule has 1 atom stereocenters. The minimum absolute atomic E-state index is 0.0151. The Morgan fingerprint density at radius 1 is 1.50 bits per heavy atom. The molecule has 0 heterocycles. The Kier molecular flexibility index (Phi) is 7.34. The highest BCUT2D eigenvalue weighted by molar-refractivity contribution is 5.78. The maximum Gasteiger partial charge on any atom is 0.222 e. The number of aliphatic hydroxyl groups excluding tert-OH is 1. The van der Waals surface area contributed by atoms with E-state index >= 15 is 0 Å². The first-order chi connectivity index (χ1) is 7.43. The van der Waals surface area contributed by atoms with Crippen molar-refractivity contribution in [1.82, 2.24) is 5.32 Å². The summed E-state index contributed by atoms with van der Waals surface area (Å²) in [6.07, 6.45) is 2.42. The van der Waals surface area contributed by atoms with E-state index in [0.29, 0.717) is 13.1 Å². The normalized spacial score (nSPS) is 13.6. The predicted molar refractivity (Wildman–Crippen MR) is 65.9 cm³/mol. The van der Waals surface area contributed by atoms with Crippen LogP contribution >= 0.6 is 0 Å². The first kappa shape index (κ1) is 15.4. The molecule has 4 N–H and O–H groups in total. The van der Waals surface area contributed by atoms with Crippen molar-refractivity contribution in [3.63, 3.8) is 0 Å². The van der Waals surface area contributed by atoms with Crippen molar-refractivity contribution in [2.75, 3.05) is 19.7 Å². The van der Waals surface area contributed by atoms with E-state index in [1.54, 1.807) is 0 Å². The van der Waals surface area contributed by atoms with Gasteiger partial charge in [-0.1, -0.05) is 20.8 Å². The summed E-state index contributed by atoms with van der Waals surface area (Å²) in [6.45, 7) is 7.49. The van der Waals surface area contributed by atoms with Gasteiger partial charge in [0.15, 0.2) is 0 Å². The molecule has 0 aromatic heterocycles. The fourth-order valence-electron chi connectivity index (χ4n) is 1.53. The second-order valence-corrected chi connectivity index (χ2v) is 5.19. The van der Waals surface area contributed by atoms with Gasteiger partial charge in [-0.2, -0.15) is 0 Å². The Morgan fingerprint density at radius 2 is 2.12 bits per heavy atom. The minimum atomic E-state index is -0.0151. The third-order valence-electron chi connectivity index (χ3n) is 2.80. The SMILES string of the molecule is CC(CCN)C(=O)NCC(C)(C)CCCO. The second kappa shape index (κ2) is 7.63. The van der Waals surface area contributed by atoms with Gasteiger partial charge in [0.25, 0.3) is 0 Å². The minimum Gasteiger partial charge on any atom is -0.396 e. The van der Waals surface area contributed by atoms with Crippen LogP contribution in [0.5, 0.6) is 0 Å². The van der Waals surface area contributed by atoms with Gasteiger partial charge in [-0.25, -0.2) is 0 Å². The van der Waals surface area contributed by atoms with E-state index in [-0.39, 0.29) is 23.8 Å². The molecule has 4 nitrogen and oxygen atoms in total. The van der Waals surface area contributed by atoms with E-state index < -0.39 is 0 Å². The van der Waals surface area contributed by atoms with Crippen LogP contribution in [-0.2, 0) is 4.79 Å². The third-order valence-corrected chi connectivity index (χ3v) is 2.80. The third kappa shape index (κ3) is 6.80. The molecular formula is C12H26N2O2. The molecule has 0 fully saturated rings. The largest absolute Gasteiger partial charge is 0.396 e. The Hall–Kier alpha value is -0.610. The summed E-state index contributed by atoms with van der Waals surface area (Å²) >= 11 is 0. The molecule has 4 heteroatoms. The molecule has 1 unspecified atom stereocenters. The molecule has 0 rings (SSSR count). The Labute approximate surface area is 98.6 Å². The molecule has 0 saturated heterocycles. The summed E-state index contributed by atoms with van der Waals surface area (Å²) in [6, 6.07) is 0. The standard InChI is InChI=1S/C12H26N2O2/c1-10(5-7-13)11(16)14-9-12(2,3)6-4-8-15/h10,15H,4-9,13H2,1-3H3,(H,14,16). The maximum atomic E-state index is 11.6. The Bertz CT molecular complexity index is 205. The van der Waals surface area contributed by atoms with Crippen LogP contribution in [0.25, 0.3) is 0 Å². The van der Waals surface area contributed by atoms with Gasteiger partial charge in [0.1, 0.15) is 0 Å². The number of nitrogens with two attached hydrogens (primary N) is 1. The van der Waals surface area contributed by atoms with E-state index in [0.717, 1.165) is 19.3 Å². The summed E-state index contributed by atoms with van der Waals surface area (Å²) in [7, 11) is 0. The van der Waals surface area contributed by atoms with Crippen LogP contribution in [0.15, 0.2) is 0 Å².